The van der Waals surface area contributed by atoms with Gasteiger partial charge in [-0.05, 0) is 26.0 Å². The van der Waals surface area contributed by atoms with E-state index in [9.17, 15) is 9.59 Å². The highest BCUT2D eigenvalue weighted by atomic mass is 32.2. The largest absolute Gasteiger partial charge is 0.459 e. The van der Waals surface area contributed by atoms with Gasteiger partial charge in [-0.3, -0.25) is 9.59 Å². The molecule has 3 aromatic heterocycles. The lowest BCUT2D eigenvalue weighted by atomic mass is 10.4. The van der Waals surface area contributed by atoms with Crippen molar-refractivity contribution in [3.05, 3.63) is 53.7 Å². The number of thioether (sulfide) groups is 1. The Bertz CT molecular complexity index is 995. The summed E-state index contributed by atoms with van der Waals surface area (Å²) < 4.78 is 6.88. The standard InChI is InChI=1S/C18H20N6O3S2/c1-4-7-24-14(9-19-16(26)13-6-5-8-27-13)22-23-18(24)29-12(3)15(25)21-17-20-11(2)10-28-17/h4-6,8,10,12H,1,7,9H2,2-3H3,(H,19,26)(H,20,21,25)/t12-/m0/s1. The number of aryl methyl sites for hydroxylation is 1. The first-order valence-corrected chi connectivity index (χ1v) is 10.5. The Morgan fingerprint density at radius 2 is 2.28 bits per heavy atom. The van der Waals surface area contributed by atoms with Crippen LogP contribution in [0.15, 0.2) is 46.0 Å². The zero-order chi connectivity index (χ0) is 20.8. The molecule has 3 rings (SSSR count). The molecule has 0 aliphatic rings. The Kier molecular flexibility index (Phi) is 6.83. The van der Waals surface area contributed by atoms with Crippen LogP contribution in [0.2, 0.25) is 0 Å². The Hall–Kier alpha value is -2.92. The van der Waals surface area contributed by atoms with Crippen LogP contribution in [0.5, 0.6) is 0 Å². The molecule has 11 heteroatoms. The van der Waals surface area contributed by atoms with Crippen LogP contribution in [0, 0.1) is 6.92 Å². The molecule has 0 aliphatic carbocycles. The van der Waals surface area contributed by atoms with Gasteiger partial charge in [0, 0.05) is 11.9 Å². The molecule has 152 valence electrons. The summed E-state index contributed by atoms with van der Waals surface area (Å²) in [6.07, 6.45) is 3.14. The van der Waals surface area contributed by atoms with Crippen LogP contribution < -0.4 is 10.6 Å². The smallest absolute Gasteiger partial charge is 0.287 e. The minimum atomic E-state index is -0.419. The summed E-state index contributed by atoms with van der Waals surface area (Å²) >= 11 is 2.65. The zero-order valence-corrected chi connectivity index (χ0v) is 17.5. The fraction of sp³-hybridized carbons (Fsp3) is 0.278. The van der Waals surface area contributed by atoms with Crippen LogP contribution in [0.1, 0.15) is 29.0 Å². The van der Waals surface area contributed by atoms with E-state index >= 15 is 0 Å². The van der Waals surface area contributed by atoms with Crippen molar-refractivity contribution in [1.82, 2.24) is 25.1 Å². The molecule has 0 radical (unpaired) electrons. The van der Waals surface area contributed by atoms with Crippen LogP contribution in [0.25, 0.3) is 0 Å². The topological polar surface area (TPSA) is 115 Å². The third-order valence-electron chi connectivity index (χ3n) is 3.76. The number of rotatable bonds is 9. The molecule has 2 amide bonds. The summed E-state index contributed by atoms with van der Waals surface area (Å²) in [5.41, 5.74) is 0.859. The van der Waals surface area contributed by atoms with Gasteiger partial charge in [-0.25, -0.2) is 4.98 Å². The van der Waals surface area contributed by atoms with E-state index in [0.717, 1.165) is 5.69 Å². The number of allylic oxidation sites excluding steroid dienone is 1. The molecule has 3 aromatic rings. The molecule has 9 nitrogen and oxygen atoms in total. The predicted octanol–water partition coefficient (Wildman–Crippen LogP) is 2.87. The third-order valence-corrected chi connectivity index (χ3v) is 5.71. The minimum absolute atomic E-state index is 0.167. The highest BCUT2D eigenvalue weighted by Gasteiger charge is 2.21. The van der Waals surface area contributed by atoms with Crippen molar-refractivity contribution in [3.63, 3.8) is 0 Å². The average molecular weight is 433 g/mol. The number of aromatic nitrogens is 4. The maximum Gasteiger partial charge on any atom is 0.287 e. The molecule has 0 bridgehead atoms. The number of anilines is 1. The van der Waals surface area contributed by atoms with Crippen molar-refractivity contribution in [2.45, 2.75) is 37.3 Å². The van der Waals surface area contributed by atoms with Crippen molar-refractivity contribution < 1.29 is 14.0 Å². The van der Waals surface area contributed by atoms with E-state index in [2.05, 4.69) is 32.4 Å². The normalized spacial score (nSPS) is 11.8. The second-order valence-corrected chi connectivity index (χ2v) is 8.17. The van der Waals surface area contributed by atoms with E-state index in [4.69, 9.17) is 4.42 Å². The Labute approximate surface area is 175 Å². The second-order valence-electron chi connectivity index (χ2n) is 6.00. The molecule has 0 spiro atoms. The molecule has 29 heavy (non-hydrogen) atoms. The quantitative estimate of drug-likeness (QED) is 0.395. The number of amides is 2. The Morgan fingerprint density at radius 1 is 1.45 bits per heavy atom. The first-order chi connectivity index (χ1) is 14.0. The van der Waals surface area contributed by atoms with Crippen molar-refractivity contribution in [2.75, 3.05) is 5.32 Å². The van der Waals surface area contributed by atoms with Crippen molar-refractivity contribution in [1.29, 1.82) is 0 Å². The van der Waals surface area contributed by atoms with Crippen molar-refractivity contribution >= 4 is 40.0 Å². The summed E-state index contributed by atoms with van der Waals surface area (Å²) in [6.45, 7) is 8.02. The van der Waals surface area contributed by atoms with Gasteiger partial charge in [0.25, 0.3) is 5.91 Å². The molecule has 1 atom stereocenters. The summed E-state index contributed by atoms with van der Waals surface area (Å²) in [5, 5.41) is 16.4. The molecule has 0 fully saturated rings. The fourth-order valence-corrected chi connectivity index (χ4v) is 3.90. The number of nitrogens with one attached hydrogen (secondary N) is 2. The van der Waals surface area contributed by atoms with Crippen LogP contribution in [-0.2, 0) is 17.9 Å². The zero-order valence-electron chi connectivity index (χ0n) is 15.9. The number of carbonyl (C=O) groups is 2. The molecule has 3 heterocycles. The summed E-state index contributed by atoms with van der Waals surface area (Å²) in [5.74, 6) is 0.251. The fourth-order valence-electron chi connectivity index (χ4n) is 2.33. The average Bonchev–Trinajstić information content (AvgIpc) is 3.43. The lowest BCUT2D eigenvalue weighted by Gasteiger charge is -2.12. The van der Waals surface area contributed by atoms with E-state index in [-0.39, 0.29) is 24.1 Å². The molecule has 0 aromatic carbocycles. The molecule has 0 saturated heterocycles. The second kappa shape index (κ2) is 9.52. The number of nitrogens with zero attached hydrogens (tertiary/aromatic N) is 4. The lowest BCUT2D eigenvalue weighted by Crippen LogP contribution is -2.25. The third kappa shape index (κ3) is 5.33. The van der Waals surface area contributed by atoms with Gasteiger partial charge in [-0.1, -0.05) is 17.8 Å². The first kappa shape index (κ1) is 20.8. The monoisotopic (exact) mass is 432 g/mol. The van der Waals surface area contributed by atoms with Gasteiger partial charge in [0.2, 0.25) is 5.91 Å². The van der Waals surface area contributed by atoms with Gasteiger partial charge < -0.3 is 19.6 Å². The van der Waals surface area contributed by atoms with Gasteiger partial charge >= 0.3 is 0 Å². The van der Waals surface area contributed by atoms with Crippen molar-refractivity contribution in [3.8, 4) is 0 Å². The van der Waals surface area contributed by atoms with Gasteiger partial charge in [-0.2, -0.15) is 0 Å². The Morgan fingerprint density at radius 3 is 2.93 bits per heavy atom. The van der Waals surface area contributed by atoms with E-state index in [1.165, 1.54) is 29.4 Å². The van der Waals surface area contributed by atoms with Gasteiger partial charge in [0.1, 0.15) is 0 Å². The minimum Gasteiger partial charge on any atom is -0.459 e. The van der Waals surface area contributed by atoms with Gasteiger partial charge in [0.05, 0.1) is 23.8 Å². The number of carbonyl (C=O) groups excluding carboxylic acids is 2. The number of thiazole rings is 1. The molecule has 2 N–H and O–H groups in total. The highest BCUT2D eigenvalue weighted by molar-refractivity contribution is 8.00. The summed E-state index contributed by atoms with van der Waals surface area (Å²) in [6, 6.07) is 3.22. The highest BCUT2D eigenvalue weighted by Crippen LogP contribution is 2.24. The maximum absolute atomic E-state index is 12.4. The molecular weight excluding hydrogens is 412 g/mol. The molecular formula is C18H20N6O3S2. The van der Waals surface area contributed by atoms with E-state index in [1.807, 2.05) is 12.3 Å². The lowest BCUT2D eigenvalue weighted by molar-refractivity contribution is -0.115. The summed E-state index contributed by atoms with van der Waals surface area (Å²) in [7, 11) is 0. The summed E-state index contributed by atoms with van der Waals surface area (Å²) in [4.78, 5) is 28.7. The van der Waals surface area contributed by atoms with Crippen LogP contribution in [-0.4, -0.2) is 36.8 Å². The van der Waals surface area contributed by atoms with Crippen LogP contribution in [0.3, 0.4) is 0 Å². The Balaban J connectivity index is 1.64. The van der Waals surface area contributed by atoms with E-state index < -0.39 is 5.25 Å². The maximum atomic E-state index is 12.4. The van der Waals surface area contributed by atoms with Gasteiger partial charge in [0.15, 0.2) is 21.9 Å². The molecule has 0 aliphatic heterocycles. The van der Waals surface area contributed by atoms with Crippen molar-refractivity contribution in [2.24, 2.45) is 0 Å². The van der Waals surface area contributed by atoms with Crippen LogP contribution in [0.4, 0.5) is 5.13 Å². The number of hydrogen-bond donors (Lipinski definition) is 2. The molecule has 0 unspecified atom stereocenters. The van der Waals surface area contributed by atoms with Gasteiger partial charge in [-0.15, -0.1) is 28.1 Å². The number of hydrogen-bond acceptors (Lipinski definition) is 8. The van der Waals surface area contributed by atoms with E-state index in [0.29, 0.717) is 22.7 Å². The SMILES string of the molecule is C=CCn1c(CNC(=O)c2ccco2)nnc1S[C@@H](C)C(=O)Nc1nc(C)cs1. The van der Waals surface area contributed by atoms with Crippen LogP contribution >= 0.6 is 23.1 Å². The number of furan rings is 1. The molecule has 0 saturated carbocycles. The predicted molar refractivity (Wildman–Crippen MR) is 111 cm³/mol. The van der Waals surface area contributed by atoms with E-state index in [1.54, 1.807) is 29.7 Å². The first-order valence-electron chi connectivity index (χ1n) is 8.72.